The third-order valence-corrected chi connectivity index (χ3v) is 4.26. The van der Waals surface area contributed by atoms with Gasteiger partial charge in [0.15, 0.2) is 0 Å². The normalized spacial score (nSPS) is 22.4. The van der Waals surface area contributed by atoms with Crippen LogP contribution in [0.4, 0.5) is 0 Å². The number of hydrogen-bond acceptors (Lipinski definition) is 2. The zero-order valence-electron chi connectivity index (χ0n) is 10.6. The molecule has 2 bridgehead atoms. The molecule has 1 aromatic heterocycles. The summed E-state index contributed by atoms with van der Waals surface area (Å²) in [6.45, 7) is 0.279. The molecule has 0 fully saturated rings. The van der Waals surface area contributed by atoms with Crippen LogP contribution in [0.25, 0.3) is 0 Å². The molecular weight excluding hydrogens is 278 g/mol. The predicted molar refractivity (Wildman–Crippen MR) is 75.3 cm³/mol. The highest BCUT2D eigenvalue weighted by Gasteiger charge is 2.36. The fourth-order valence-corrected chi connectivity index (χ4v) is 3.17. The number of benzene rings is 1. The van der Waals surface area contributed by atoms with Crippen LogP contribution >= 0.6 is 11.6 Å². The second-order valence-electron chi connectivity index (χ2n) is 5.22. The van der Waals surface area contributed by atoms with Gasteiger partial charge >= 0.3 is 11.4 Å². The van der Waals surface area contributed by atoms with E-state index in [1.54, 1.807) is 21.5 Å². The van der Waals surface area contributed by atoms with Gasteiger partial charge < -0.3 is 0 Å². The van der Waals surface area contributed by atoms with Crippen molar-refractivity contribution in [1.82, 2.24) is 13.9 Å². The Morgan fingerprint density at radius 3 is 2.10 bits per heavy atom. The topological polar surface area (TPSA) is 48.9 Å². The van der Waals surface area contributed by atoms with Crippen LogP contribution in [0.2, 0.25) is 5.02 Å². The van der Waals surface area contributed by atoms with Crippen LogP contribution in [0.3, 0.4) is 0 Å². The quantitative estimate of drug-likeness (QED) is 0.788. The van der Waals surface area contributed by atoms with Crippen molar-refractivity contribution in [3.05, 3.63) is 68.0 Å². The van der Waals surface area contributed by atoms with Crippen molar-refractivity contribution in [1.29, 1.82) is 0 Å². The summed E-state index contributed by atoms with van der Waals surface area (Å²) in [6, 6.07) is 7.24. The summed E-state index contributed by atoms with van der Waals surface area (Å²) in [5.41, 5.74) is 0.419. The Morgan fingerprint density at radius 2 is 1.55 bits per heavy atom. The lowest BCUT2D eigenvalue weighted by molar-refractivity contribution is 0.505. The number of nitrogens with zero attached hydrogens (tertiary/aromatic N) is 3. The van der Waals surface area contributed by atoms with Gasteiger partial charge in [-0.1, -0.05) is 35.9 Å². The highest BCUT2D eigenvalue weighted by atomic mass is 35.5. The molecule has 0 radical (unpaired) electrons. The van der Waals surface area contributed by atoms with E-state index in [2.05, 4.69) is 0 Å². The number of aromatic nitrogens is 3. The summed E-state index contributed by atoms with van der Waals surface area (Å²) in [5, 5.41) is 0.638. The lowest BCUT2D eigenvalue weighted by Crippen LogP contribution is -2.30. The molecule has 4 rings (SSSR count). The number of halogens is 1. The maximum absolute atomic E-state index is 12.4. The van der Waals surface area contributed by atoms with E-state index in [4.69, 9.17) is 11.6 Å². The molecule has 2 aliphatic rings. The molecule has 0 N–H and O–H groups in total. The maximum Gasteiger partial charge on any atom is 0.348 e. The first kappa shape index (κ1) is 11.8. The first-order chi connectivity index (χ1) is 9.65. The molecule has 0 spiro atoms. The van der Waals surface area contributed by atoms with E-state index in [1.807, 2.05) is 24.3 Å². The van der Waals surface area contributed by atoms with Gasteiger partial charge in [0.05, 0.1) is 18.6 Å². The van der Waals surface area contributed by atoms with E-state index in [1.165, 1.54) is 4.57 Å². The molecule has 0 unspecified atom stereocenters. The largest absolute Gasteiger partial charge is 0.348 e. The third kappa shape index (κ3) is 1.50. The second-order valence-corrected chi connectivity index (χ2v) is 5.66. The fraction of sp³-hybridized carbons (Fsp3) is 0.286. The zero-order chi connectivity index (χ0) is 13.9. The van der Waals surface area contributed by atoms with Crippen LogP contribution in [-0.4, -0.2) is 13.9 Å². The van der Waals surface area contributed by atoms with Gasteiger partial charge in [0.2, 0.25) is 0 Å². The average molecular weight is 290 g/mol. The number of allylic oxidation sites excluding steroid dienone is 2. The Bertz CT molecular complexity index is 782. The highest BCUT2D eigenvalue weighted by Crippen LogP contribution is 2.35. The molecular formula is C14H12ClN3O2. The molecule has 0 amide bonds. The molecule has 102 valence electrons. The molecule has 5 nitrogen and oxygen atoms in total. The minimum absolute atomic E-state index is 0.0340. The summed E-state index contributed by atoms with van der Waals surface area (Å²) in [7, 11) is 0. The first-order valence-electron chi connectivity index (χ1n) is 6.52. The summed E-state index contributed by atoms with van der Waals surface area (Å²) in [6.07, 6.45) is 4.82. The van der Waals surface area contributed by atoms with Gasteiger partial charge in [-0.2, -0.15) is 0 Å². The average Bonchev–Trinajstić information content (AvgIpc) is 3.11. The number of rotatable bonds is 2. The van der Waals surface area contributed by atoms with Gasteiger partial charge in [-0.05, 0) is 24.1 Å². The molecule has 1 aromatic carbocycles. The molecule has 1 aliphatic carbocycles. The molecule has 2 heterocycles. The van der Waals surface area contributed by atoms with E-state index in [0.29, 0.717) is 5.02 Å². The van der Waals surface area contributed by atoms with Crippen molar-refractivity contribution in [2.45, 2.75) is 25.0 Å². The lowest BCUT2D eigenvalue weighted by atomic mass is 10.2. The van der Waals surface area contributed by atoms with E-state index < -0.39 is 0 Å². The Hall–Kier alpha value is -2.01. The molecule has 20 heavy (non-hydrogen) atoms. The van der Waals surface area contributed by atoms with Crippen LogP contribution in [0.1, 0.15) is 24.1 Å². The SMILES string of the molecule is O=c1n(Cc2ccc(Cl)cc2)c(=O)n2n1[C@@H]1C=C[C@H]2C1. The van der Waals surface area contributed by atoms with Gasteiger partial charge in [0.25, 0.3) is 0 Å². The first-order valence-corrected chi connectivity index (χ1v) is 6.89. The van der Waals surface area contributed by atoms with Crippen molar-refractivity contribution < 1.29 is 0 Å². The fourth-order valence-electron chi connectivity index (χ4n) is 3.05. The minimum atomic E-state index is -0.234. The minimum Gasteiger partial charge on any atom is -0.246 e. The molecule has 6 heteroatoms. The van der Waals surface area contributed by atoms with E-state index in [0.717, 1.165) is 12.0 Å². The van der Waals surface area contributed by atoms with Crippen molar-refractivity contribution in [2.24, 2.45) is 0 Å². The number of hydrogen-bond donors (Lipinski definition) is 0. The van der Waals surface area contributed by atoms with Gasteiger partial charge in [0.1, 0.15) is 0 Å². The second kappa shape index (κ2) is 3.99. The van der Waals surface area contributed by atoms with Crippen LogP contribution in [0, 0.1) is 0 Å². The highest BCUT2D eigenvalue weighted by molar-refractivity contribution is 6.30. The Kier molecular flexibility index (Phi) is 2.35. The molecule has 1 aliphatic heterocycles. The Balaban J connectivity index is 1.80. The molecule has 0 saturated carbocycles. The Labute approximate surface area is 119 Å². The van der Waals surface area contributed by atoms with E-state index in [-0.39, 0.29) is 30.0 Å². The summed E-state index contributed by atoms with van der Waals surface area (Å²) >= 11 is 5.84. The van der Waals surface area contributed by atoms with Gasteiger partial charge in [0, 0.05) is 5.02 Å². The molecule has 0 saturated heterocycles. The zero-order valence-corrected chi connectivity index (χ0v) is 11.3. The molecule has 2 aromatic rings. The van der Waals surface area contributed by atoms with Crippen molar-refractivity contribution in [3.8, 4) is 0 Å². The van der Waals surface area contributed by atoms with Gasteiger partial charge in [-0.25, -0.2) is 23.5 Å². The summed E-state index contributed by atoms with van der Waals surface area (Å²) in [4.78, 5) is 24.8. The van der Waals surface area contributed by atoms with Crippen LogP contribution in [0.15, 0.2) is 46.0 Å². The summed E-state index contributed by atoms with van der Waals surface area (Å²) in [5.74, 6) is 0. The lowest BCUT2D eigenvalue weighted by Gasteiger charge is -2.07. The van der Waals surface area contributed by atoms with Gasteiger partial charge in [-0.15, -0.1) is 0 Å². The predicted octanol–water partition coefficient (Wildman–Crippen LogP) is 1.57. The van der Waals surface area contributed by atoms with Crippen LogP contribution in [-0.2, 0) is 6.54 Å². The number of fused-ring (bicyclic) bond motifs is 5. The molecule has 2 atom stereocenters. The van der Waals surface area contributed by atoms with Crippen LogP contribution < -0.4 is 11.4 Å². The van der Waals surface area contributed by atoms with Gasteiger partial charge in [-0.3, -0.25) is 0 Å². The summed E-state index contributed by atoms with van der Waals surface area (Å²) < 4.78 is 4.43. The van der Waals surface area contributed by atoms with Crippen molar-refractivity contribution in [2.75, 3.05) is 0 Å². The Morgan fingerprint density at radius 1 is 1.00 bits per heavy atom. The van der Waals surface area contributed by atoms with Crippen molar-refractivity contribution >= 4 is 11.6 Å². The van der Waals surface area contributed by atoms with E-state index >= 15 is 0 Å². The third-order valence-electron chi connectivity index (χ3n) is 4.01. The van der Waals surface area contributed by atoms with Crippen molar-refractivity contribution in [3.63, 3.8) is 0 Å². The van der Waals surface area contributed by atoms with E-state index in [9.17, 15) is 9.59 Å². The maximum atomic E-state index is 12.4. The standard InChI is InChI=1S/C14H12ClN3O2/c15-10-3-1-9(2-4-10)8-16-13(19)17-11-5-6-12(7-11)18(17)14(16)20/h1-6,11-12H,7-8H2/t11-,12+. The van der Waals surface area contributed by atoms with Crippen LogP contribution in [0.5, 0.6) is 0 Å². The smallest absolute Gasteiger partial charge is 0.246 e. The monoisotopic (exact) mass is 289 g/mol.